The van der Waals surface area contributed by atoms with Crippen molar-refractivity contribution in [3.8, 4) is 5.75 Å². The van der Waals surface area contributed by atoms with Gasteiger partial charge in [0.25, 0.3) is 11.7 Å². The van der Waals surface area contributed by atoms with Crippen molar-refractivity contribution >= 4 is 39.1 Å². The fourth-order valence-corrected chi connectivity index (χ4v) is 4.05. The molecule has 3 aromatic rings. The third-order valence-electron chi connectivity index (χ3n) is 5.01. The van der Waals surface area contributed by atoms with E-state index in [1.165, 1.54) is 12.0 Å². The van der Waals surface area contributed by atoms with E-state index in [0.29, 0.717) is 22.6 Å². The summed E-state index contributed by atoms with van der Waals surface area (Å²) in [5.41, 5.74) is 1.63. The Labute approximate surface area is 182 Å². The first-order valence-electron chi connectivity index (χ1n) is 9.28. The molecule has 1 aliphatic rings. The Hall–Kier alpha value is -3.38. The number of Topliss-reactive ketones (excluding diaryl/α,β-unsaturated/α-hetero) is 1. The highest BCUT2D eigenvalue weighted by atomic mass is 79.9. The number of amides is 1. The van der Waals surface area contributed by atoms with Gasteiger partial charge in [-0.2, -0.15) is 0 Å². The van der Waals surface area contributed by atoms with Crippen molar-refractivity contribution in [3.63, 3.8) is 0 Å². The first-order valence-corrected chi connectivity index (χ1v) is 10.1. The number of aliphatic hydroxyl groups excluding tert-OH is 1. The Kier molecular flexibility index (Phi) is 5.42. The average molecular weight is 464 g/mol. The number of ketones is 1. The zero-order valence-corrected chi connectivity index (χ0v) is 17.7. The third kappa shape index (κ3) is 3.39. The van der Waals surface area contributed by atoms with Gasteiger partial charge in [0.15, 0.2) is 0 Å². The predicted octanol–water partition coefficient (Wildman–Crippen LogP) is 5.08. The lowest BCUT2D eigenvalue weighted by atomic mass is 9.94. The second-order valence-electron chi connectivity index (χ2n) is 6.76. The topological polar surface area (TPSA) is 66.8 Å². The van der Waals surface area contributed by atoms with Gasteiger partial charge in [-0.1, -0.05) is 70.5 Å². The fourth-order valence-electron chi connectivity index (χ4n) is 3.66. The van der Waals surface area contributed by atoms with Crippen molar-refractivity contribution < 1.29 is 19.4 Å². The summed E-state index contributed by atoms with van der Waals surface area (Å²) in [6.45, 7) is 0. The SMILES string of the molecule is COc1ccccc1C1/C(=C(/O)c2ccccc2)C(=O)C(=O)N1c1cccc(Br)c1. The number of para-hydroxylation sites is 1. The van der Waals surface area contributed by atoms with Crippen molar-refractivity contribution in [2.75, 3.05) is 12.0 Å². The molecule has 1 unspecified atom stereocenters. The van der Waals surface area contributed by atoms with Crippen molar-refractivity contribution in [1.82, 2.24) is 0 Å². The molecule has 0 spiro atoms. The lowest BCUT2D eigenvalue weighted by molar-refractivity contribution is -0.132. The molecule has 30 heavy (non-hydrogen) atoms. The molecule has 0 saturated carbocycles. The molecule has 1 heterocycles. The normalized spacial score (nSPS) is 17.9. The largest absolute Gasteiger partial charge is 0.507 e. The van der Waals surface area contributed by atoms with Crippen LogP contribution in [-0.2, 0) is 9.59 Å². The molecule has 150 valence electrons. The van der Waals surface area contributed by atoms with E-state index >= 15 is 0 Å². The highest BCUT2D eigenvalue weighted by molar-refractivity contribution is 9.10. The molecular weight excluding hydrogens is 446 g/mol. The summed E-state index contributed by atoms with van der Waals surface area (Å²) in [5.74, 6) is -1.15. The molecule has 0 radical (unpaired) electrons. The van der Waals surface area contributed by atoms with Gasteiger partial charge in [-0.25, -0.2) is 0 Å². The van der Waals surface area contributed by atoms with Gasteiger partial charge in [0.05, 0.1) is 18.7 Å². The van der Waals surface area contributed by atoms with E-state index in [-0.39, 0.29) is 11.3 Å². The molecule has 4 rings (SSSR count). The molecule has 0 aromatic heterocycles. The zero-order chi connectivity index (χ0) is 21.3. The van der Waals surface area contributed by atoms with Gasteiger partial charge >= 0.3 is 0 Å². The van der Waals surface area contributed by atoms with Gasteiger partial charge in [-0.3, -0.25) is 14.5 Å². The van der Waals surface area contributed by atoms with E-state index in [1.807, 2.05) is 18.2 Å². The number of nitrogens with zero attached hydrogens (tertiary/aromatic N) is 1. The van der Waals surface area contributed by atoms with E-state index in [0.717, 1.165) is 4.47 Å². The Bertz CT molecular complexity index is 1160. The second-order valence-corrected chi connectivity index (χ2v) is 7.67. The number of carbonyl (C=O) groups excluding carboxylic acids is 2. The Balaban J connectivity index is 2.00. The zero-order valence-electron chi connectivity index (χ0n) is 16.1. The Morgan fingerprint density at radius 3 is 2.37 bits per heavy atom. The smallest absolute Gasteiger partial charge is 0.300 e. The van der Waals surface area contributed by atoms with Crippen LogP contribution in [0.25, 0.3) is 5.76 Å². The minimum Gasteiger partial charge on any atom is -0.507 e. The quantitative estimate of drug-likeness (QED) is 0.332. The number of ether oxygens (including phenoxy) is 1. The second kappa shape index (κ2) is 8.16. The van der Waals surface area contributed by atoms with E-state index in [2.05, 4.69) is 15.9 Å². The van der Waals surface area contributed by atoms with Gasteiger partial charge in [0.2, 0.25) is 0 Å². The third-order valence-corrected chi connectivity index (χ3v) is 5.50. The number of rotatable bonds is 4. The molecule has 1 saturated heterocycles. The lowest BCUT2D eigenvalue weighted by Crippen LogP contribution is -2.29. The summed E-state index contributed by atoms with van der Waals surface area (Å²) in [7, 11) is 1.53. The van der Waals surface area contributed by atoms with Crippen LogP contribution in [0.4, 0.5) is 5.69 Å². The van der Waals surface area contributed by atoms with E-state index in [9.17, 15) is 14.7 Å². The molecule has 1 N–H and O–H groups in total. The number of halogens is 1. The molecule has 1 amide bonds. The van der Waals surface area contributed by atoms with Gasteiger partial charge < -0.3 is 9.84 Å². The number of methoxy groups -OCH3 is 1. The maximum absolute atomic E-state index is 13.1. The van der Waals surface area contributed by atoms with Crippen LogP contribution in [0.15, 0.2) is 88.9 Å². The molecule has 1 atom stereocenters. The van der Waals surface area contributed by atoms with Crippen LogP contribution >= 0.6 is 15.9 Å². The summed E-state index contributed by atoms with van der Waals surface area (Å²) < 4.78 is 6.27. The molecule has 5 nitrogen and oxygen atoms in total. The molecule has 3 aromatic carbocycles. The Morgan fingerprint density at radius 1 is 0.967 bits per heavy atom. The average Bonchev–Trinajstić information content (AvgIpc) is 3.04. The minimum atomic E-state index is -0.837. The van der Waals surface area contributed by atoms with Crippen LogP contribution in [0.3, 0.4) is 0 Å². The lowest BCUT2D eigenvalue weighted by Gasteiger charge is -2.26. The molecule has 6 heteroatoms. The first-order chi connectivity index (χ1) is 14.5. The predicted molar refractivity (Wildman–Crippen MR) is 118 cm³/mol. The highest BCUT2D eigenvalue weighted by Crippen LogP contribution is 2.45. The minimum absolute atomic E-state index is 0.0238. The molecule has 1 aliphatic heterocycles. The van der Waals surface area contributed by atoms with Crippen LogP contribution in [0.2, 0.25) is 0 Å². The molecular formula is C24H18BrNO4. The standard InChI is InChI=1S/C24H18BrNO4/c1-30-19-13-6-5-12-18(19)21-20(22(27)15-8-3-2-4-9-15)23(28)24(29)26(21)17-11-7-10-16(25)14-17/h2-14,21,27H,1H3/b22-20-. The van der Waals surface area contributed by atoms with E-state index < -0.39 is 17.7 Å². The van der Waals surface area contributed by atoms with Gasteiger partial charge in [0, 0.05) is 21.3 Å². The monoisotopic (exact) mass is 463 g/mol. The van der Waals surface area contributed by atoms with Gasteiger partial charge in [-0.15, -0.1) is 0 Å². The molecule has 0 aliphatic carbocycles. The van der Waals surface area contributed by atoms with Crippen molar-refractivity contribution in [2.45, 2.75) is 6.04 Å². The fraction of sp³-hybridized carbons (Fsp3) is 0.0833. The summed E-state index contributed by atoms with van der Waals surface area (Å²) in [4.78, 5) is 27.6. The van der Waals surface area contributed by atoms with Gasteiger partial charge in [0.1, 0.15) is 11.5 Å². The number of aliphatic hydroxyl groups is 1. The molecule has 1 fully saturated rings. The summed E-state index contributed by atoms with van der Waals surface area (Å²) in [5, 5.41) is 11.1. The number of carbonyl (C=O) groups is 2. The number of hydrogen-bond acceptors (Lipinski definition) is 4. The molecule has 0 bridgehead atoms. The van der Waals surface area contributed by atoms with Crippen molar-refractivity contribution in [3.05, 3.63) is 100 Å². The van der Waals surface area contributed by atoms with E-state index in [1.54, 1.807) is 60.7 Å². The van der Waals surface area contributed by atoms with Crippen LogP contribution < -0.4 is 9.64 Å². The van der Waals surface area contributed by atoms with Crippen molar-refractivity contribution in [2.24, 2.45) is 0 Å². The van der Waals surface area contributed by atoms with Crippen molar-refractivity contribution in [1.29, 1.82) is 0 Å². The van der Waals surface area contributed by atoms with Crippen LogP contribution in [0, 0.1) is 0 Å². The number of hydrogen-bond donors (Lipinski definition) is 1. The summed E-state index contributed by atoms with van der Waals surface area (Å²) in [6.07, 6.45) is 0. The van der Waals surface area contributed by atoms with Crippen LogP contribution in [0.1, 0.15) is 17.2 Å². The van der Waals surface area contributed by atoms with E-state index in [4.69, 9.17) is 4.74 Å². The number of anilines is 1. The van der Waals surface area contributed by atoms with Gasteiger partial charge in [-0.05, 0) is 24.3 Å². The maximum Gasteiger partial charge on any atom is 0.300 e. The first kappa shape index (κ1) is 19.9. The van der Waals surface area contributed by atoms with Crippen LogP contribution in [0.5, 0.6) is 5.75 Å². The Morgan fingerprint density at radius 2 is 1.67 bits per heavy atom. The summed E-state index contributed by atoms with van der Waals surface area (Å²) in [6, 6.07) is 22.2. The number of benzene rings is 3. The summed E-state index contributed by atoms with van der Waals surface area (Å²) >= 11 is 3.42. The maximum atomic E-state index is 13.1. The van der Waals surface area contributed by atoms with Crippen LogP contribution in [-0.4, -0.2) is 23.9 Å². The highest BCUT2D eigenvalue weighted by Gasteiger charge is 2.47.